The number of nitrogens with zero attached hydrogens (tertiary/aromatic N) is 1. The monoisotopic (exact) mass is 486 g/mol. The Hall–Kier alpha value is -4.46. The summed E-state index contributed by atoms with van der Waals surface area (Å²) in [5.74, 6) is -0.976. The van der Waals surface area contributed by atoms with Gasteiger partial charge in [0.2, 0.25) is 0 Å². The number of ether oxygens (including phenoxy) is 2. The Kier molecular flexibility index (Phi) is 7.44. The second-order valence-corrected chi connectivity index (χ2v) is 8.25. The third kappa shape index (κ3) is 5.27. The first kappa shape index (κ1) is 24.7. The number of nitrogens with one attached hydrogen (secondary N) is 1. The van der Waals surface area contributed by atoms with Crippen LogP contribution in [0.15, 0.2) is 72.8 Å². The van der Waals surface area contributed by atoms with Crippen LogP contribution in [0, 0.1) is 0 Å². The second kappa shape index (κ2) is 10.9. The molecule has 0 radical (unpaired) electrons. The fourth-order valence-electron chi connectivity index (χ4n) is 4.11. The summed E-state index contributed by atoms with van der Waals surface area (Å²) in [6.45, 7) is 1.99. The molecular formula is C28H26N2O6. The SMILES string of the molecule is CCOC(=O)CC(NC(=O)c1cccc(CN2C(=O)c3ccccc3C2=O)c1)c1cccc(OC)c1. The van der Waals surface area contributed by atoms with Crippen LogP contribution >= 0.6 is 0 Å². The minimum atomic E-state index is -0.647. The third-order valence-corrected chi connectivity index (χ3v) is 5.89. The Morgan fingerprint density at radius 3 is 2.28 bits per heavy atom. The van der Waals surface area contributed by atoms with Gasteiger partial charge in [-0.15, -0.1) is 0 Å². The molecular weight excluding hydrogens is 460 g/mol. The number of imide groups is 1. The largest absolute Gasteiger partial charge is 0.497 e. The van der Waals surface area contributed by atoms with Crippen molar-refractivity contribution in [3.63, 3.8) is 0 Å². The van der Waals surface area contributed by atoms with Crippen molar-refractivity contribution in [2.24, 2.45) is 0 Å². The molecule has 0 saturated heterocycles. The summed E-state index contributed by atoms with van der Waals surface area (Å²) in [5, 5.41) is 2.90. The molecule has 4 rings (SSSR count). The number of benzene rings is 3. The van der Waals surface area contributed by atoms with E-state index in [-0.39, 0.29) is 31.4 Å². The van der Waals surface area contributed by atoms with Gasteiger partial charge >= 0.3 is 5.97 Å². The molecule has 184 valence electrons. The van der Waals surface area contributed by atoms with E-state index in [1.54, 1.807) is 79.7 Å². The van der Waals surface area contributed by atoms with Crippen molar-refractivity contribution in [2.45, 2.75) is 25.9 Å². The lowest BCUT2D eigenvalue weighted by Crippen LogP contribution is -2.31. The molecule has 0 aromatic heterocycles. The summed E-state index contributed by atoms with van der Waals surface area (Å²) in [5.41, 5.74) is 2.40. The first-order chi connectivity index (χ1) is 17.4. The van der Waals surface area contributed by atoms with Crippen LogP contribution in [0.4, 0.5) is 0 Å². The minimum Gasteiger partial charge on any atom is -0.497 e. The van der Waals surface area contributed by atoms with Gasteiger partial charge in [0.1, 0.15) is 5.75 Å². The molecule has 1 aliphatic rings. The fourth-order valence-corrected chi connectivity index (χ4v) is 4.11. The van der Waals surface area contributed by atoms with E-state index in [0.717, 1.165) is 0 Å². The first-order valence-electron chi connectivity index (χ1n) is 11.6. The van der Waals surface area contributed by atoms with E-state index in [1.807, 2.05) is 0 Å². The quantitative estimate of drug-likeness (QED) is 0.363. The van der Waals surface area contributed by atoms with Crippen molar-refractivity contribution < 1.29 is 28.7 Å². The first-order valence-corrected chi connectivity index (χ1v) is 11.6. The number of amides is 3. The zero-order valence-corrected chi connectivity index (χ0v) is 20.0. The zero-order valence-electron chi connectivity index (χ0n) is 20.0. The van der Waals surface area contributed by atoms with Gasteiger partial charge in [-0.1, -0.05) is 36.4 Å². The van der Waals surface area contributed by atoms with E-state index in [1.165, 1.54) is 12.0 Å². The summed E-state index contributed by atoms with van der Waals surface area (Å²) < 4.78 is 10.4. The highest BCUT2D eigenvalue weighted by Gasteiger charge is 2.35. The Morgan fingerprint density at radius 2 is 1.61 bits per heavy atom. The van der Waals surface area contributed by atoms with E-state index in [9.17, 15) is 19.2 Å². The standard InChI is InChI=1S/C28H26N2O6/c1-3-36-25(31)16-24(19-9-7-11-21(15-19)35-2)29-26(32)20-10-6-8-18(14-20)17-30-27(33)22-12-4-5-13-23(22)28(30)34/h4-15,24H,3,16-17H2,1-2H3,(H,29,32). The molecule has 0 fully saturated rings. The van der Waals surface area contributed by atoms with Gasteiger partial charge in [0.05, 0.1) is 43.9 Å². The minimum absolute atomic E-state index is 0.0373. The highest BCUT2D eigenvalue weighted by molar-refractivity contribution is 6.21. The third-order valence-electron chi connectivity index (χ3n) is 5.89. The Morgan fingerprint density at radius 1 is 0.917 bits per heavy atom. The zero-order chi connectivity index (χ0) is 25.7. The van der Waals surface area contributed by atoms with Crippen LogP contribution in [0.3, 0.4) is 0 Å². The molecule has 1 heterocycles. The topological polar surface area (TPSA) is 102 Å². The number of methoxy groups -OCH3 is 1. The van der Waals surface area contributed by atoms with Gasteiger partial charge in [0.25, 0.3) is 17.7 Å². The summed E-state index contributed by atoms with van der Waals surface area (Å²) in [7, 11) is 1.54. The maximum atomic E-state index is 13.2. The van der Waals surface area contributed by atoms with Crippen LogP contribution in [-0.2, 0) is 16.1 Å². The number of rotatable bonds is 9. The number of fused-ring (bicyclic) bond motifs is 1. The highest BCUT2D eigenvalue weighted by atomic mass is 16.5. The molecule has 3 aromatic carbocycles. The molecule has 36 heavy (non-hydrogen) atoms. The molecule has 1 unspecified atom stereocenters. The van der Waals surface area contributed by atoms with Crippen molar-refractivity contribution in [2.75, 3.05) is 13.7 Å². The van der Waals surface area contributed by atoms with Crippen LogP contribution in [-0.4, -0.2) is 42.3 Å². The van der Waals surface area contributed by atoms with E-state index >= 15 is 0 Å². The molecule has 0 bridgehead atoms. The number of hydrogen-bond acceptors (Lipinski definition) is 6. The van der Waals surface area contributed by atoms with Crippen molar-refractivity contribution in [1.82, 2.24) is 10.2 Å². The molecule has 0 aliphatic carbocycles. The van der Waals surface area contributed by atoms with Gasteiger partial charge in [0.15, 0.2) is 0 Å². The van der Waals surface area contributed by atoms with Gasteiger partial charge < -0.3 is 14.8 Å². The van der Waals surface area contributed by atoms with Crippen molar-refractivity contribution in [3.8, 4) is 5.75 Å². The molecule has 1 N–H and O–H groups in total. The summed E-state index contributed by atoms with van der Waals surface area (Å²) in [6, 6.07) is 19.8. The van der Waals surface area contributed by atoms with Crippen LogP contribution < -0.4 is 10.1 Å². The summed E-state index contributed by atoms with van der Waals surface area (Å²) >= 11 is 0. The highest BCUT2D eigenvalue weighted by Crippen LogP contribution is 2.25. The molecule has 3 amide bonds. The van der Waals surface area contributed by atoms with E-state index in [0.29, 0.717) is 33.6 Å². The smallest absolute Gasteiger partial charge is 0.308 e. The number of carbonyl (C=O) groups is 4. The maximum absolute atomic E-state index is 13.2. The number of esters is 1. The molecule has 8 nitrogen and oxygen atoms in total. The molecule has 0 saturated carbocycles. The van der Waals surface area contributed by atoms with Crippen molar-refractivity contribution in [1.29, 1.82) is 0 Å². The number of hydrogen-bond donors (Lipinski definition) is 1. The lowest BCUT2D eigenvalue weighted by atomic mass is 10.0. The molecule has 1 aliphatic heterocycles. The summed E-state index contributed by atoms with van der Waals surface area (Å²) in [6.07, 6.45) is -0.0541. The molecule has 1 atom stereocenters. The molecule has 3 aromatic rings. The van der Waals surface area contributed by atoms with Gasteiger partial charge in [-0.05, 0) is 54.4 Å². The van der Waals surface area contributed by atoms with Gasteiger partial charge in [-0.3, -0.25) is 24.1 Å². The van der Waals surface area contributed by atoms with Gasteiger partial charge in [-0.2, -0.15) is 0 Å². The second-order valence-electron chi connectivity index (χ2n) is 8.25. The maximum Gasteiger partial charge on any atom is 0.308 e. The Bertz CT molecular complexity index is 1280. The van der Waals surface area contributed by atoms with Crippen LogP contribution in [0.5, 0.6) is 5.75 Å². The van der Waals surface area contributed by atoms with Gasteiger partial charge in [0, 0.05) is 5.56 Å². The van der Waals surface area contributed by atoms with Crippen LogP contribution in [0.25, 0.3) is 0 Å². The Balaban J connectivity index is 1.52. The average Bonchev–Trinajstić information content (AvgIpc) is 3.13. The lowest BCUT2D eigenvalue weighted by Gasteiger charge is -2.20. The van der Waals surface area contributed by atoms with E-state index < -0.39 is 17.9 Å². The molecule has 0 spiro atoms. The predicted octanol–water partition coefficient (Wildman–Crippen LogP) is 3.92. The lowest BCUT2D eigenvalue weighted by molar-refractivity contribution is -0.143. The van der Waals surface area contributed by atoms with E-state index in [2.05, 4.69) is 5.32 Å². The van der Waals surface area contributed by atoms with Crippen molar-refractivity contribution in [3.05, 3.63) is 101 Å². The average molecular weight is 487 g/mol. The Labute approximate surface area is 208 Å². The number of carbonyl (C=O) groups excluding carboxylic acids is 4. The predicted molar refractivity (Wildman–Crippen MR) is 132 cm³/mol. The normalized spacial score (nSPS) is 13.2. The van der Waals surface area contributed by atoms with Crippen LogP contribution in [0.2, 0.25) is 0 Å². The van der Waals surface area contributed by atoms with E-state index in [4.69, 9.17) is 9.47 Å². The summed E-state index contributed by atoms with van der Waals surface area (Å²) in [4.78, 5) is 52.0. The van der Waals surface area contributed by atoms with Crippen LogP contribution in [0.1, 0.15) is 61.6 Å². The van der Waals surface area contributed by atoms with Crippen molar-refractivity contribution >= 4 is 23.7 Å². The van der Waals surface area contributed by atoms with Gasteiger partial charge in [-0.25, -0.2) is 0 Å². The fraction of sp³-hybridized carbons (Fsp3) is 0.214. The molecule has 8 heteroatoms.